The van der Waals surface area contributed by atoms with Gasteiger partial charge in [0.25, 0.3) is 0 Å². The highest BCUT2D eigenvalue weighted by Gasteiger charge is 2.47. The van der Waals surface area contributed by atoms with Crippen LogP contribution in [0.15, 0.2) is 0 Å². The van der Waals surface area contributed by atoms with Crippen LogP contribution in [-0.4, -0.2) is 11.1 Å². The van der Waals surface area contributed by atoms with E-state index >= 15 is 0 Å². The molecule has 0 radical (unpaired) electrons. The molecule has 1 fully saturated rings. The molecular weight excluding hydrogens is 152 g/mol. The van der Waals surface area contributed by atoms with Crippen molar-refractivity contribution in [2.45, 2.75) is 46.5 Å². The van der Waals surface area contributed by atoms with Crippen LogP contribution in [0.2, 0.25) is 0 Å². The van der Waals surface area contributed by atoms with Gasteiger partial charge in [-0.1, -0.05) is 20.8 Å². The summed E-state index contributed by atoms with van der Waals surface area (Å²) < 4.78 is 0. The van der Waals surface area contributed by atoms with E-state index in [1.807, 2.05) is 6.92 Å². The predicted molar refractivity (Wildman–Crippen MR) is 48.0 cm³/mol. The van der Waals surface area contributed by atoms with Crippen LogP contribution in [0.25, 0.3) is 0 Å². The summed E-state index contributed by atoms with van der Waals surface area (Å²) >= 11 is 0. The van der Waals surface area contributed by atoms with Crippen molar-refractivity contribution in [1.82, 2.24) is 0 Å². The molecule has 0 aromatic rings. The van der Waals surface area contributed by atoms with Gasteiger partial charge in [0.05, 0.1) is 5.41 Å². The van der Waals surface area contributed by atoms with Gasteiger partial charge in [-0.15, -0.1) is 0 Å². The standard InChI is InChI=1S/C10H18O2/c1-4-10(8(11)12)6-5-9(2,3)7-10/h4-7H2,1-3H3,(H,11,12). The quantitative estimate of drug-likeness (QED) is 0.691. The zero-order valence-corrected chi connectivity index (χ0v) is 8.18. The topological polar surface area (TPSA) is 37.3 Å². The zero-order chi connectivity index (χ0) is 9.41. The van der Waals surface area contributed by atoms with E-state index in [1.165, 1.54) is 0 Å². The highest BCUT2D eigenvalue weighted by Crippen LogP contribution is 2.50. The summed E-state index contributed by atoms with van der Waals surface area (Å²) in [6.45, 7) is 6.30. The third-order valence-corrected chi connectivity index (χ3v) is 3.23. The van der Waals surface area contributed by atoms with Crippen LogP contribution < -0.4 is 0 Å². The minimum Gasteiger partial charge on any atom is -0.481 e. The average Bonchev–Trinajstić information content (AvgIpc) is 2.27. The lowest BCUT2D eigenvalue weighted by molar-refractivity contribution is -0.149. The number of carboxylic acids is 1. The van der Waals surface area contributed by atoms with Crippen molar-refractivity contribution in [2.24, 2.45) is 10.8 Å². The van der Waals surface area contributed by atoms with Gasteiger partial charge in [-0.2, -0.15) is 0 Å². The number of rotatable bonds is 2. The second-order valence-corrected chi connectivity index (χ2v) is 4.78. The fourth-order valence-corrected chi connectivity index (χ4v) is 2.31. The fourth-order valence-electron chi connectivity index (χ4n) is 2.31. The monoisotopic (exact) mass is 170 g/mol. The predicted octanol–water partition coefficient (Wildman–Crippen LogP) is 2.68. The van der Waals surface area contributed by atoms with Crippen molar-refractivity contribution >= 4 is 5.97 Å². The van der Waals surface area contributed by atoms with E-state index in [9.17, 15) is 4.79 Å². The zero-order valence-electron chi connectivity index (χ0n) is 8.18. The van der Waals surface area contributed by atoms with E-state index in [-0.39, 0.29) is 5.41 Å². The summed E-state index contributed by atoms with van der Waals surface area (Å²) in [5.41, 5.74) is -0.183. The molecule has 0 aromatic carbocycles. The molecule has 0 amide bonds. The molecule has 0 spiro atoms. The van der Waals surface area contributed by atoms with Crippen LogP contribution in [0, 0.1) is 10.8 Å². The van der Waals surface area contributed by atoms with Crippen LogP contribution in [0.1, 0.15) is 46.5 Å². The van der Waals surface area contributed by atoms with E-state index in [4.69, 9.17) is 5.11 Å². The molecule has 0 aliphatic heterocycles. The molecule has 1 saturated carbocycles. The van der Waals surface area contributed by atoms with Crippen molar-refractivity contribution in [1.29, 1.82) is 0 Å². The summed E-state index contributed by atoms with van der Waals surface area (Å²) in [6, 6.07) is 0. The van der Waals surface area contributed by atoms with Crippen LogP contribution in [0.4, 0.5) is 0 Å². The molecule has 2 nitrogen and oxygen atoms in total. The van der Waals surface area contributed by atoms with Gasteiger partial charge in [0.2, 0.25) is 0 Å². The Morgan fingerprint density at radius 1 is 1.42 bits per heavy atom. The first-order chi connectivity index (χ1) is 5.42. The molecule has 2 heteroatoms. The van der Waals surface area contributed by atoms with E-state index in [1.54, 1.807) is 0 Å². The van der Waals surface area contributed by atoms with Crippen molar-refractivity contribution < 1.29 is 9.90 Å². The molecular formula is C10H18O2. The Bertz CT molecular complexity index is 196. The van der Waals surface area contributed by atoms with E-state index < -0.39 is 11.4 Å². The summed E-state index contributed by atoms with van der Waals surface area (Å²) in [4.78, 5) is 11.0. The molecule has 1 aliphatic carbocycles. The lowest BCUT2D eigenvalue weighted by atomic mass is 9.79. The second-order valence-electron chi connectivity index (χ2n) is 4.78. The molecule has 12 heavy (non-hydrogen) atoms. The highest BCUT2D eigenvalue weighted by molar-refractivity contribution is 5.75. The van der Waals surface area contributed by atoms with Crippen molar-refractivity contribution in [3.05, 3.63) is 0 Å². The number of carbonyl (C=O) groups is 1. The second kappa shape index (κ2) is 2.75. The number of hydrogen-bond acceptors (Lipinski definition) is 1. The average molecular weight is 170 g/mol. The third-order valence-electron chi connectivity index (χ3n) is 3.23. The minimum atomic E-state index is -0.601. The Hall–Kier alpha value is -0.530. The fraction of sp³-hybridized carbons (Fsp3) is 0.900. The first-order valence-electron chi connectivity index (χ1n) is 4.65. The van der Waals surface area contributed by atoms with Gasteiger partial charge in [0, 0.05) is 0 Å². The van der Waals surface area contributed by atoms with Gasteiger partial charge >= 0.3 is 5.97 Å². The smallest absolute Gasteiger partial charge is 0.309 e. The van der Waals surface area contributed by atoms with Crippen LogP contribution in [0.5, 0.6) is 0 Å². The highest BCUT2D eigenvalue weighted by atomic mass is 16.4. The summed E-state index contributed by atoms with van der Waals surface area (Å²) in [5.74, 6) is -0.601. The van der Waals surface area contributed by atoms with Crippen LogP contribution in [-0.2, 0) is 4.79 Å². The number of aliphatic carboxylic acids is 1. The normalized spacial score (nSPS) is 33.6. The number of carboxylic acid groups (broad SMARTS) is 1. The largest absolute Gasteiger partial charge is 0.481 e. The van der Waals surface area contributed by atoms with Crippen LogP contribution >= 0.6 is 0 Å². The van der Waals surface area contributed by atoms with Crippen LogP contribution in [0.3, 0.4) is 0 Å². The molecule has 0 saturated heterocycles. The van der Waals surface area contributed by atoms with Gasteiger partial charge in [0.15, 0.2) is 0 Å². The first-order valence-corrected chi connectivity index (χ1v) is 4.65. The van der Waals surface area contributed by atoms with Gasteiger partial charge in [-0.25, -0.2) is 0 Å². The maximum atomic E-state index is 11.0. The summed E-state index contributed by atoms with van der Waals surface area (Å²) in [7, 11) is 0. The van der Waals surface area contributed by atoms with E-state index in [0.29, 0.717) is 0 Å². The molecule has 70 valence electrons. The maximum absolute atomic E-state index is 11.0. The van der Waals surface area contributed by atoms with Gasteiger partial charge in [0.1, 0.15) is 0 Å². The number of hydrogen-bond donors (Lipinski definition) is 1. The molecule has 0 heterocycles. The SMILES string of the molecule is CCC1(C(=O)O)CCC(C)(C)C1. The molecule has 1 unspecified atom stereocenters. The van der Waals surface area contributed by atoms with Gasteiger partial charge < -0.3 is 5.11 Å². The van der Waals surface area contributed by atoms with Crippen molar-refractivity contribution in [3.8, 4) is 0 Å². The molecule has 0 bridgehead atoms. The Morgan fingerprint density at radius 3 is 2.17 bits per heavy atom. The lowest BCUT2D eigenvalue weighted by Gasteiger charge is -2.24. The van der Waals surface area contributed by atoms with E-state index in [0.717, 1.165) is 25.7 Å². The molecule has 1 N–H and O–H groups in total. The Balaban J connectivity index is 2.80. The molecule has 1 aliphatic rings. The van der Waals surface area contributed by atoms with E-state index in [2.05, 4.69) is 13.8 Å². The Kier molecular flexibility index (Phi) is 2.19. The summed E-state index contributed by atoms with van der Waals surface area (Å²) in [5, 5.41) is 9.10. The maximum Gasteiger partial charge on any atom is 0.309 e. The molecule has 0 aromatic heterocycles. The lowest BCUT2D eigenvalue weighted by Crippen LogP contribution is -2.28. The third kappa shape index (κ3) is 1.47. The van der Waals surface area contributed by atoms with Gasteiger partial charge in [-0.3, -0.25) is 4.79 Å². The Morgan fingerprint density at radius 2 is 2.00 bits per heavy atom. The minimum absolute atomic E-state index is 0.231. The van der Waals surface area contributed by atoms with Crippen molar-refractivity contribution in [2.75, 3.05) is 0 Å². The first kappa shape index (κ1) is 9.56. The molecule has 1 atom stereocenters. The summed E-state index contributed by atoms with van der Waals surface area (Å²) in [6.07, 6.45) is 3.51. The molecule has 1 rings (SSSR count). The van der Waals surface area contributed by atoms with Gasteiger partial charge in [-0.05, 0) is 31.1 Å². The Labute approximate surface area is 74.0 Å². The van der Waals surface area contributed by atoms with Crippen molar-refractivity contribution in [3.63, 3.8) is 0 Å².